The normalized spacial score (nSPS) is 28.7. The summed E-state index contributed by atoms with van der Waals surface area (Å²) in [5.41, 5.74) is 8.80. The fourth-order valence-corrected chi connectivity index (χ4v) is 3.45. The summed E-state index contributed by atoms with van der Waals surface area (Å²) in [6.45, 7) is 10.9. The Hall–Kier alpha value is -1.86. The highest BCUT2D eigenvalue weighted by atomic mass is 16.2. The van der Waals surface area contributed by atoms with Crippen molar-refractivity contribution in [3.63, 3.8) is 0 Å². The third kappa shape index (κ3) is 1.90. The molecule has 2 aliphatic rings. The summed E-state index contributed by atoms with van der Waals surface area (Å²) in [6.07, 6.45) is 2.36. The van der Waals surface area contributed by atoms with Crippen molar-refractivity contribution in [2.75, 3.05) is 4.90 Å². The summed E-state index contributed by atoms with van der Waals surface area (Å²) in [6, 6.07) is 5.59. The molecule has 1 fully saturated rings. The summed E-state index contributed by atoms with van der Waals surface area (Å²) in [4.78, 5) is 17.5. The molecule has 0 spiro atoms. The number of nitrogens with zero attached hydrogens (tertiary/aromatic N) is 2. The molecule has 1 heterocycles. The molecule has 0 unspecified atom stereocenters. The number of benzene rings is 1. The standard InChI is InChI=1S/C16H19N3O/c1-9-15(17)13-8-12(18-3)6-7-14(13)19(10(2)20)16(9)11-4-5-11/h6-9,11,15-16H,4-5,17H2,1-2H3/t9-,15-,16-/m1/s1. The van der Waals surface area contributed by atoms with Gasteiger partial charge in [0.2, 0.25) is 5.91 Å². The second-order valence-corrected chi connectivity index (χ2v) is 5.96. The number of nitrogens with two attached hydrogens (primary N) is 1. The average molecular weight is 269 g/mol. The molecular formula is C16H19N3O. The van der Waals surface area contributed by atoms with Crippen LogP contribution in [0.2, 0.25) is 0 Å². The number of hydrogen-bond donors (Lipinski definition) is 1. The van der Waals surface area contributed by atoms with Crippen LogP contribution in [0.3, 0.4) is 0 Å². The Balaban J connectivity index is 2.14. The van der Waals surface area contributed by atoms with Crippen molar-refractivity contribution in [2.24, 2.45) is 17.6 Å². The van der Waals surface area contributed by atoms with Crippen molar-refractivity contribution >= 4 is 17.3 Å². The molecule has 0 saturated heterocycles. The van der Waals surface area contributed by atoms with Gasteiger partial charge in [-0.25, -0.2) is 4.85 Å². The van der Waals surface area contributed by atoms with E-state index in [2.05, 4.69) is 11.8 Å². The van der Waals surface area contributed by atoms with Gasteiger partial charge in [0.05, 0.1) is 6.57 Å². The van der Waals surface area contributed by atoms with Crippen LogP contribution in [0, 0.1) is 18.4 Å². The maximum atomic E-state index is 12.1. The van der Waals surface area contributed by atoms with Crippen molar-refractivity contribution in [3.05, 3.63) is 35.2 Å². The zero-order valence-electron chi connectivity index (χ0n) is 11.8. The van der Waals surface area contributed by atoms with E-state index in [1.54, 1.807) is 13.0 Å². The third-order valence-electron chi connectivity index (χ3n) is 4.61. The maximum absolute atomic E-state index is 12.1. The van der Waals surface area contributed by atoms with E-state index in [0.717, 1.165) is 11.3 Å². The third-order valence-corrected chi connectivity index (χ3v) is 4.61. The van der Waals surface area contributed by atoms with Gasteiger partial charge in [-0.05, 0) is 42.4 Å². The minimum atomic E-state index is -0.104. The Morgan fingerprint density at radius 1 is 1.45 bits per heavy atom. The van der Waals surface area contributed by atoms with Crippen molar-refractivity contribution < 1.29 is 4.79 Å². The lowest BCUT2D eigenvalue weighted by Crippen LogP contribution is -2.51. The van der Waals surface area contributed by atoms with Gasteiger partial charge in [-0.2, -0.15) is 0 Å². The molecule has 4 heteroatoms. The molecule has 4 nitrogen and oxygen atoms in total. The zero-order valence-corrected chi connectivity index (χ0v) is 11.8. The summed E-state index contributed by atoms with van der Waals surface area (Å²) < 4.78 is 0. The Labute approximate surface area is 119 Å². The fraction of sp³-hybridized carbons (Fsp3) is 0.500. The molecule has 0 aromatic heterocycles. The van der Waals surface area contributed by atoms with Gasteiger partial charge in [-0.1, -0.05) is 13.0 Å². The highest BCUT2D eigenvalue weighted by molar-refractivity contribution is 5.94. The average Bonchev–Trinajstić information content (AvgIpc) is 3.26. The van der Waals surface area contributed by atoms with Gasteiger partial charge < -0.3 is 10.6 Å². The van der Waals surface area contributed by atoms with Crippen molar-refractivity contribution in [1.29, 1.82) is 0 Å². The van der Waals surface area contributed by atoms with Gasteiger partial charge >= 0.3 is 0 Å². The number of carbonyl (C=O) groups is 1. The minimum Gasteiger partial charge on any atom is -0.324 e. The molecule has 1 saturated carbocycles. The van der Waals surface area contributed by atoms with E-state index in [9.17, 15) is 4.79 Å². The first-order chi connectivity index (χ1) is 9.54. The van der Waals surface area contributed by atoms with Crippen molar-refractivity contribution in [1.82, 2.24) is 0 Å². The predicted octanol–water partition coefficient (Wildman–Crippen LogP) is 3.02. The summed E-state index contributed by atoms with van der Waals surface area (Å²) in [7, 11) is 0. The van der Waals surface area contributed by atoms with E-state index in [0.29, 0.717) is 11.6 Å². The second-order valence-electron chi connectivity index (χ2n) is 5.96. The largest absolute Gasteiger partial charge is 0.324 e. The molecule has 2 N–H and O–H groups in total. The molecule has 3 rings (SSSR count). The van der Waals surface area contributed by atoms with Crippen LogP contribution in [0.1, 0.15) is 38.3 Å². The van der Waals surface area contributed by atoms with Gasteiger partial charge in [0.25, 0.3) is 0 Å². The molecule has 104 valence electrons. The van der Waals surface area contributed by atoms with Crippen LogP contribution in [-0.4, -0.2) is 11.9 Å². The number of fused-ring (bicyclic) bond motifs is 1. The molecule has 1 amide bonds. The number of carbonyl (C=O) groups excluding carboxylic acids is 1. The summed E-state index contributed by atoms with van der Waals surface area (Å²) in [5.74, 6) is 0.867. The van der Waals surface area contributed by atoms with Crippen LogP contribution in [-0.2, 0) is 4.79 Å². The first-order valence-electron chi connectivity index (χ1n) is 7.11. The highest BCUT2D eigenvalue weighted by Gasteiger charge is 2.46. The minimum absolute atomic E-state index is 0.0671. The van der Waals surface area contributed by atoms with Crippen molar-refractivity contribution in [2.45, 2.75) is 38.8 Å². The summed E-state index contributed by atoms with van der Waals surface area (Å²) >= 11 is 0. The van der Waals surface area contributed by atoms with Crippen LogP contribution in [0.15, 0.2) is 18.2 Å². The molecule has 1 aromatic carbocycles. The van der Waals surface area contributed by atoms with E-state index in [1.165, 1.54) is 12.8 Å². The molecule has 1 aliphatic carbocycles. The molecule has 20 heavy (non-hydrogen) atoms. The maximum Gasteiger partial charge on any atom is 0.224 e. The van der Waals surface area contributed by atoms with Crippen LogP contribution < -0.4 is 10.6 Å². The first kappa shape index (κ1) is 13.1. The number of amides is 1. The molecule has 1 aromatic rings. The highest BCUT2D eigenvalue weighted by Crippen LogP contribution is 2.48. The van der Waals surface area contributed by atoms with Gasteiger partial charge in [0.1, 0.15) is 0 Å². The van der Waals surface area contributed by atoms with E-state index < -0.39 is 0 Å². The van der Waals surface area contributed by atoms with Crippen LogP contribution in [0.25, 0.3) is 4.85 Å². The molecule has 1 aliphatic heterocycles. The number of rotatable bonds is 1. The van der Waals surface area contributed by atoms with Gasteiger partial charge in [-0.3, -0.25) is 4.79 Å². The zero-order chi connectivity index (χ0) is 14.4. The quantitative estimate of drug-likeness (QED) is 0.797. The smallest absolute Gasteiger partial charge is 0.224 e. The molecular weight excluding hydrogens is 250 g/mol. The van der Waals surface area contributed by atoms with E-state index in [4.69, 9.17) is 12.3 Å². The number of hydrogen-bond acceptors (Lipinski definition) is 2. The Kier molecular flexibility index (Phi) is 3.02. The van der Waals surface area contributed by atoms with Gasteiger partial charge in [-0.15, -0.1) is 0 Å². The number of anilines is 1. The lowest BCUT2D eigenvalue weighted by molar-refractivity contribution is -0.117. The SMILES string of the molecule is [C-]#[N+]c1ccc2c(c1)[C@H](N)[C@@H](C)[C@H](C1CC1)N2C(C)=O. The lowest BCUT2D eigenvalue weighted by atomic mass is 9.80. The predicted molar refractivity (Wildman–Crippen MR) is 78.5 cm³/mol. The van der Waals surface area contributed by atoms with E-state index in [1.807, 2.05) is 17.0 Å². The van der Waals surface area contributed by atoms with E-state index in [-0.39, 0.29) is 23.9 Å². The van der Waals surface area contributed by atoms with Crippen LogP contribution in [0.5, 0.6) is 0 Å². The Bertz CT molecular complexity index is 600. The Morgan fingerprint density at radius 2 is 2.15 bits per heavy atom. The summed E-state index contributed by atoms with van der Waals surface area (Å²) in [5, 5.41) is 0. The van der Waals surface area contributed by atoms with E-state index >= 15 is 0 Å². The van der Waals surface area contributed by atoms with Crippen LogP contribution >= 0.6 is 0 Å². The molecule has 0 radical (unpaired) electrons. The lowest BCUT2D eigenvalue weighted by Gasteiger charge is -2.44. The topological polar surface area (TPSA) is 50.7 Å². The van der Waals surface area contributed by atoms with Gasteiger partial charge in [0.15, 0.2) is 5.69 Å². The van der Waals surface area contributed by atoms with Crippen LogP contribution in [0.4, 0.5) is 11.4 Å². The first-order valence-corrected chi connectivity index (χ1v) is 7.11. The molecule has 0 bridgehead atoms. The van der Waals surface area contributed by atoms with Crippen molar-refractivity contribution in [3.8, 4) is 0 Å². The molecule has 3 atom stereocenters. The monoisotopic (exact) mass is 269 g/mol. The van der Waals surface area contributed by atoms with Gasteiger partial charge in [0, 0.05) is 24.7 Å². The fourth-order valence-electron chi connectivity index (χ4n) is 3.45. The second kappa shape index (κ2) is 4.60. The Morgan fingerprint density at radius 3 is 2.70 bits per heavy atom.